The van der Waals surface area contributed by atoms with Gasteiger partial charge in [0, 0.05) is 18.8 Å². The molecule has 1 saturated carbocycles. The highest BCUT2D eigenvalue weighted by Crippen LogP contribution is 2.39. The quantitative estimate of drug-likeness (QED) is 0.428. The molecule has 0 radical (unpaired) electrons. The maximum Gasteiger partial charge on any atom is 0.333 e. The Kier molecular flexibility index (Phi) is 7.32. The summed E-state index contributed by atoms with van der Waals surface area (Å²) in [7, 11) is 1.60. The summed E-state index contributed by atoms with van der Waals surface area (Å²) in [6, 6.07) is 7.57. The van der Waals surface area contributed by atoms with Crippen molar-refractivity contribution < 1.29 is 19.0 Å². The number of amides is 1. The van der Waals surface area contributed by atoms with E-state index >= 15 is 0 Å². The molecule has 37 heavy (non-hydrogen) atoms. The third-order valence-electron chi connectivity index (χ3n) is 7.58. The summed E-state index contributed by atoms with van der Waals surface area (Å²) in [5, 5.41) is 0.411. The van der Waals surface area contributed by atoms with Crippen LogP contribution in [-0.2, 0) is 26.4 Å². The van der Waals surface area contributed by atoms with Crippen LogP contribution in [-0.4, -0.2) is 41.5 Å². The third kappa shape index (κ3) is 4.45. The lowest BCUT2D eigenvalue weighted by molar-refractivity contribution is -0.131. The molecule has 1 atom stereocenters. The van der Waals surface area contributed by atoms with Gasteiger partial charge in [0.15, 0.2) is 0 Å². The van der Waals surface area contributed by atoms with Crippen LogP contribution in [0.15, 0.2) is 37.6 Å². The number of rotatable bonds is 8. The first-order chi connectivity index (χ1) is 17.8. The van der Waals surface area contributed by atoms with Crippen LogP contribution in [0.25, 0.3) is 10.2 Å². The minimum atomic E-state index is -1.31. The smallest absolute Gasteiger partial charge is 0.333 e. The highest BCUT2D eigenvalue weighted by atomic mass is 79.9. The van der Waals surface area contributed by atoms with Crippen LogP contribution in [0, 0.1) is 6.92 Å². The molecule has 1 aliphatic carbocycles. The SMILES string of the molecule is COc1ccccc1[C@H](Cn1c(=O)n(C2(C(N)=O)CCC2)c(=O)c2c(C)c(Br)sc21)OC1CCOCC1. The van der Waals surface area contributed by atoms with Gasteiger partial charge in [0.2, 0.25) is 5.91 Å². The summed E-state index contributed by atoms with van der Waals surface area (Å²) in [6.45, 7) is 3.18. The molecule has 1 aromatic carbocycles. The monoisotopic (exact) mass is 591 g/mol. The van der Waals surface area contributed by atoms with Gasteiger partial charge in [-0.1, -0.05) is 18.2 Å². The average Bonchev–Trinajstić information content (AvgIpc) is 3.16. The lowest BCUT2D eigenvalue weighted by atomic mass is 9.75. The van der Waals surface area contributed by atoms with Crippen molar-refractivity contribution in [3.05, 3.63) is 60.0 Å². The van der Waals surface area contributed by atoms with Gasteiger partial charge in [-0.05, 0) is 66.6 Å². The molecule has 198 valence electrons. The van der Waals surface area contributed by atoms with Gasteiger partial charge < -0.3 is 19.9 Å². The Labute approximate surface area is 226 Å². The number of halogens is 1. The standard InChI is InChI=1S/C26H30BrN3O6S/c1-15-20-22(31)30(26(24(28)32)10-5-11-26)25(33)29(23(20)37-21(15)27)14-19(36-16-8-12-35-13-9-16)17-6-3-4-7-18(17)34-2/h3-4,6-7,16,19H,5,8-14H2,1-2H3,(H2,28,32)/t19-/m0/s1. The lowest BCUT2D eigenvalue weighted by Crippen LogP contribution is -2.61. The first kappa shape index (κ1) is 26.1. The summed E-state index contributed by atoms with van der Waals surface area (Å²) >= 11 is 4.87. The van der Waals surface area contributed by atoms with Crippen LogP contribution in [0.5, 0.6) is 5.75 Å². The molecule has 1 aliphatic heterocycles. The number of fused-ring (bicyclic) bond motifs is 1. The zero-order chi connectivity index (χ0) is 26.3. The minimum absolute atomic E-state index is 0.0545. The van der Waals surface area contributed by atoms with Crippen molar-refractivity contribution in [2.24, 2.45) is 5.73 Å². The Balaban J connectivity index is 1.71. The van der Waals surface area contributed by atoms with Crippen LogP contribution in [0.4, 0.5) is 0 Å². The van der Waals surface area contributed by atoms with Crippen molar-refractivity contribution in [1.29, 1.82) is 0 Å². The Morgan fingerprint density at radius 2 is 1.97 bits per heavy atom. The number of benzene rings is 1. The van der Waals surface area contributed by atoms with Gasteiger partial charge in [-0.2, -0.15) is 0 Å². The number of carbonyl (C=O) groups is 1. The summed E-state index contributed by atoms with van der Waals surface area (Å²) < 4.78 is 21.2. The fourth-order valence-electron chi connectivity index (χ4n) is 5.31. The topological polar surface area (TPSA) is 115 Å². The number of hydrogen-bond donors (Lipinski definition) is 1. The number of aryl methyl sites for hydroxylation is 1. The van der Waals surface area contributed by atoms with Crippen molar-refractivity contribution in [2.45, 2.75) is 63.3 Å². The third-order valence-corrected chi connectivity index (χ3v) is 9.76. The predicted molar refractivity (Wildman–Crippen MR) is 144 cm³/mol. The van der Waals surface area contributed by atoms with Gasteiger partial charge in [-0.25, -0.2) is 9.36 Å². The molecule has 2 aliphatic rings. The molecule has 2 N–H and O–H groups in total. The molecule has 5 rings (SSSR count). The van der Waals surface area contributed by atoms with Crippen LogP contribution >= 0.6 is 27.3 Å². The summed E-state index contributed by atoms with van der Waals surface area (Å²) in [5.74, 6) is -0.0103. The first-order valence-electron chi connectivity index (χ1n) is 12.4. The van der Waals surface area contributed by atoms with E-state index in [1.54, 1.807) is 11.7 Å². The average molecular weight is 593 g/mol. The molecular weight excluding hydrogens is 562 g/mol. The number of nitrogens with zero attached hydrogens (tertiary/aromatic N) is 2. The number of primary amides is 1. The molecule has 1 amide bonds. The van der Waals surface area contributed by atoms with E-state index in [0.717, 1.165) is 38.7 Å². The van der Waals surface area contributed by atoms with E-state index in [1.807, 2.05) is 31.2 Å². The van der Waals surface area contributed by atoms with E-state index in [-0.39, 0.29) is 12.6 Å². The number of ether oxygens (including phenoxy) is 3. The second kappa shape index (κ2) is 10.4. The molecule has 3 heterocycles. The highest BCUT2D eigenvalue weighted by Gasteiger charge is 2.47. The Morgan fingerprint density at radius 1 is 1.27 bits per heavy atom. The van der Waals surface area contributed by atoms with Gasteiger partial charge in [0.05, 0.1) is 28.9 Å². The molecule has 0 unspecified atom stereocenters. The van der Waals surface area contributed by atoms with Crippen molar-refractivity contribution in [3.8, 4) is 5.75 Å². The molecular formula is C26H30BrN3O6S. The molecule has 2 aromatic heterocycles. The molecule has 3 aromatic rings. The maximum absolute atomic E-state index is 14.1. The minimum Gasteiger partial charge on any atom is -0.496 e. The van der Waals surface area contributed by atoms with Gasteiger partial charge in [0.25, 0.3) is 5.56 Å². The number of methoxy groups -OCH3 is 1. The van der Waals surface area contributed by atoms with E-state index in [0.29, 0.717) is 42.0 Å². The predicted octanol–water partition coefficient (Wildman–Crippen LogP) is 3.61. The van der Waals surface area contributed by atoms with E-state index in [9.17, 15) is 14.4 Å². The zero-order valence-electron chi connectivity index (χ0n) is 20.8. The first-order valence-corrected chi connectivity index (χ1v) is 14.0. The van der Waals surface area contributed by atoms with Crippen molar-refractivity contribution in [2.75, 3.05) is 20.3 Å². The Bertz CT molecular complexity index is 1450. The van der Waals surface area contributed by atoms with Crippen molar-refractivity contribution in [1.82, 2.24) is 9.13 Å². The van der Waals surface area contributed by atoms with Crippen LogP contribution in [0.1, 0.15) is 49.3 Å². The van der Waals surface area contributed by atoms with E-state index < -0.39 is 28.8 Å². The molecule has 9 nitrogen and oxygen atoms in total. The summed E-state index contributed by atoms with van der Waals surface area (Å²) in [4.78, 5) is 40.9. The largest absolute Gasteiger partial charge is 0.496 e. The van der Waals surface area contributed by atoms with E-state index in [2.05, 4.69) is 15.9 Å². The lowest BCUT2D eigenvalue weighted by Gasteiger charge is -2.40. The maximum atomic E-state index is 14.1. The van der Waals surface area contributed by atoms with Crippen molar-refractivity contribution in [3.63, 3.8) is 0 Å². The molecule has 2 fully saturated rings. The number of thiophene rings is 1. The van der Waals surface area contributed by atoms with Gasteiger partial charge in [-0.3, -0.25) is 14.2 Å². The second-order valence-corrected chi connectivity index (χ2v) is 12.0. The number of para-hydroxylation sites is 1. The molecule has 0 spiro atoms. The Hall–Kier alpha value is -2.47. The van der Waals surface area contributed by atoms with Gasteiger partial charge >= 0.3 is 5.69 Å². The fraction of sp³-hybridized carbons (Fsp3) is 0.500. The van der Waals surface area contributed by atoms with Crippen molar-refractivity contribution >= 4 is 43.4 Å². The highest BCUT2D eigenvalue weighted by molar-refractivity contribution is 9.11. The molecule has 0 bridgehead atoms. The number of nitrogens with two attached hydrogens (primary N) is 1. The van der Waals surface area contributed by atoms with Crippen LogP contribution in [0.2, 0.25) is 0 Å². The van der Waals surface area contributed by atoms with E-state index in [1.165, 1.54) is 11.3 Å². The van der Waals surface area contributed by atoms with Crippen LogP contribution < -0.4 is 21.7 Å². The van der Waals surface area contributed by atoms with E-state index in [4.69, 9.17) is 19.9 Å². The second-order valence-electron chi connectivity index (χ2n) is 9.64. The molecule has 11 heteroatoms. The van der Waals surface area contributed by atoms with Crippen LogP contribution in [0.3, 0.4) is 0 Å². The number of carbonyl (C=O) groups excluding carboxylic acids is 1. The zero-order valence-corrected chi connectivity index (χ0v) is 23.2. The van der Waals surface area contributed by atoms with Gasteiger partial charge in [-0.15, -0.1) is 11.3 Å². The summed E-state index contributed by atoms with van der Waals surface area (Å²) in [6.07, 6.45) is 2.33. The Morgan fingerprint density at radius 3 is 2.59 bits per heavy atom. The fourth-order valence-corrected chi connectivity index (χ4v) is 7.00. The summed E-state index contributed by atoms with van der Waals surface area (Å²) in [5.41, 5.74) is 4.97. The number of aromatic nitrogens is 2. The van der Waals surface area contributed by atoms with Gasteiger partial charge in [0.1, 0.15) is 22.2 Å². The molecule has 1 saturated heterocycles. The number of hydrogen-bond acceptors (Lipinski definition) is 7. The normalized spacial score (nSPS) is 18.5.